The van der Waals surface area contributed by atoms with Gasteiger partial charge in [-0.2, -0.15) is 13.2 Å². The topological polar surface area (TPSA) is 35.2 Å². The van der Waals surface area contributed by atoms with Crippen LogP contribution in [0.2, 0.25) is 0 Å². The number of alkyl halides is 3. The maximum atomic E-state index is 12.5. The van der Waals surface area contributed by atoms with Crippen molar-refractivity contribution in [3.8, 4) is 0 Å². The summed E-state index contributed by atoms with van der Waals surface area (Å²) in [5, 5.41) is 0. The van der Waals surface area contributed by atoms with Crippen molar-refractivity contribution in [3.63, 3.8) is 0 Å². The van der Waals surface area contributed by atoms with Gasteiger partial charge in [-0.05, 0) is 29.7 Å². The molecular weight excluding hydrogens is 219 g/mol. The molecule has 1 aliphatic heterocycles. The molecule has 0 fully saturated rings. The molecule has 88 valence electrons. The highest BCUT2D eigenvalue weighted by atomic mass is 19.4. The van der Waals surface area contributed by atoms with Crippen LogP contribution in [0.15, 0.2) is 18.2 Å². The van der Waals surface area contributed by atoms with Gasteiger partial charge in [0, 0.05) is 12.6 Å². The zero-order chi connectivity index (χ0) is 11.8. The van der Waals surface area contributed by atoms with Gasteiger partial charge in [-0.1, -0.05) is 6.07 Å². The van der Waals surface area contributed by atoms with Crippen molar-refractivity contribution >= 4 is 0 Å². The quantitative estimate of drug-likeness (QED) is 0.745. The molecule has 1 aromatic carbocycles. The third-order valence-electron chi connectivity index (χ3n) is 2.70. The van der Waals surface area contributed by atoms with Gasteiger partial charge in [0.2, 0.25) is 0 Å². The van der Waals surface area contributed by atoms with Crippen molar-refractivity contribution in [1.29, 1.82) is 0 Å². The average molecular weight is 231 g/mol. The van der Waals surface area contributed by atoms with Gasteiger partial charge in [-0.15, -0.1) is 0 Å². The van der Waals surface area contributed by atoms with E-state index in [1.165, 1.54) is 6.07 Å². The van der Waals surface area contributed by atoms with Crippen molar-refractivity contribution in [1.82, 2.24) is 0 Å². The summed E-state index contributed by atoms with van der Waals surface area (Å²) in [5.74, 6) is 0. The smallest absolute Gasteiger partial charge is 0.377 e. The van der Waals surface area contributed by atoms with Crippen molar-refractivity contribution in [3.05, 3.63) is 34.9 Å². The van der Waals surface area contributed by atoms with Gasteiger partial charge < -0.3 is 10.5 Å². The van der Waals surface area contributed by atoms with Gasteiger partial charge in [0.05, 0.1) is 12.2 Å². The molecule has 5 heteroatoms. The van der Waals surface area contributed by atoms with Crippen LogP contribution in [0.25, 0.3) is 0 Å². The Labute approximate surface area is 91.2 Å². The van der Waals surface area contributed by atoms with Crippen LogP contribution in [0.4, 0.5) is 13.2 Å². The highest BCUT2D eigenvalue weighted by Crippen LogP contribution is 2.33. The molecular formula is C11H12F3NO. The summed E-state index contributed by atoms with van der Waals surface area (Å²) >= 11 is 0. The first-order valence-electron chi connectivity index (χ1n) is 5.02. The van der Waals surface area contributed by atoms with E-state index < -0.39 is 11.7 Å². The second-order valence-electron chi connectivity index (χ2n) is 3.86. The fourth-order valence-corrected chi connectivity index (χ4v) is 1.82. The van der Waals surface area contributed by atoms with Crippen LogP contribution in [-0.4, -0.2) is 6.61 Å². The fraction of sp³-hybridized carbons (Fsp3) is 0.455. The Hall–Kier alpha value is -1.07. The third-order valence-corrected chi connectivity index (χ3v) is 2.70. The largest absolute Gasteiger partial charge is 0.416 e. The zero-order valence-electron chi connectivity index (χ0n) is 8.55. The number of ether oxygens (including phenoxy) is 1. The number of benzene rings is 1. The lowest BCUT2D eigenvalue weighted by Crippen LogP contribution is -2.13. The molecule has 0 amide bonds. The van der Waals surface area contributed by atoms with E-state index in [4.69, 9.17) is 10.5 Å². The van der Waals surface area contributed by atoms with Crippen LogP contribution >= 0.6 is 0 Å². The Morgan fingerprint density at radius 3 is 2.75 bits per heavy atom. The fourth-order valence-electron chi connectivity index (χ4n) is 1.82. The molecule has 0 radical (unpaired) electrons. The molecule has 16 heavy (non-hydrogen) atoms. The lowest BCUT2D eigenvalue weighted by Gasteiger charge is -2.14. The number of hydrogen-bond donors (Lipinski definition) is 1. The number of rotatable bonds is 0. The molecule has 1 heterocycles. The van der Waals surface area contributed by atoms with Crippen molar-refractivity contribution in [2.75, 3.05) is 6.61 Å². The maximum absolute atomic E-state index is 12.5. The van der Waals surface area contributed by atoms with E-state index in [1.54, 1.807) is 0 Å². The van der Waals surface area contributed by atoms with Crippen molar-refractivity contribution in [2.24, 2.45) is 5.73 Å². The van der Waals surface area contributed by atoms with Gasteiger partial charge in [0.25, 0.3) is 0 Å². The zero-order valence-corrected chi connectivity index (χ0v) is 8.55. The van der Waals surface area contributed by atoms with E-state index >= 15 is 0 Å². The highest BCUT2D eigenvalue weighted by Gasteiger charge is 2.31. The van der Waals surface area contributed by atoms with E-state index in [1.807, 2.05) is 0 Å². The average Bonchev–Trinajstić information content (AvgIpc) is 2.39. The Balaban J connectivity index is 2.41. The Morgan fingerprint density at radius 1 is 1.31 bits per heavy atom. The molecule has 0 saturated carbocycles. The lowest BCUT2D eigenvalue weighted by atomic mass is 9.98. The predicted molar refractivity (Wildman–Crippen MR) is 52.6 cm³/mol. The van der Waals surface area contributed by atoms with Gasteiger partial charge in [0.15, 0.2) is 0 Å². The Morgan fingerprint density at radius 2 is 2.06 bits per heavy atom. The minimum absolute atomic E-state index is 0.201. The molecule has 1 atom stereocenters. The summed E-state index contributed by atoms with van der Waals surface area (Å²) in [6.45, 7) is 0.685. The van der Waals surface area contributed by atoms with Crippen LogP contribution < -0.4 is 5.73 Å². The second-order valence-corrected chi connectivity index (χ2v) is 3.86. The molecule has 1 aliphatic rings. The van der Waals surface area contributed by atoms with Crippen LogP contribution in [0.3, 0.4) is 0 Å². The molecule has 1 aromatic rings. The second kappa shape index (κ2) is 4.07. The van der Waals surface area contributed by atoms with Crippen molar-refractivity contribution < 1.29 is 17.9 Å². The minimum Gasteiger partial charge on any atom is -0.377 e. The molecule has 0 bridgehead atoms. The Kier molecular flexibility index (Phi) is 2.90. The first-order chi connectivity index (χ1) is 7.48. The van der Waals surface area contributed by atoms with Crippen molar-refractivity contribution in [2.45, 2.75) is 25.2 Å². The summed E-state index contributed by atoms with van der Waals surface area (Å²) in [4.78, 5) is 0. The van der Waals surface area contributed by atoms with Gasteiger partial charge in [-0.25, -0.2) is 0 Å². The maximum Gasteiger partial charge on any atom is 0.416 e. The predicted octanol–water partition coefficient (Wildman–Crippen LogP) is 2.63. The van der Waals surface area contributed by atoms with E-state index in [-0.39, 0.29) is 12.6 Å². The van der Waals surface area contributed by atoms with Gasteiger partial charge in [-0.3, -0.25) is 0 Å². The monoisotopic (exact) mass is 231 g/mol. The summed E-state index contributed by atoms with van der Waals surface area (Å²) in [6.07, 6.45) is -3.68. The molecule has 0 saturated heterocycles. The normalized spacial score (nSPS) is 21.4. The number of nitrogens with two attached hydrogens (primary N) is 1. The first-order valence-corrected chi connectivity index (χ1v) is 5.02. The minimum atomic E-state index is -4.31. The summed E-state index contributed by atoms with van der Waals surface area (Å²) < 4.78 is 42.7. The van der Waals surface area contributed by atoms with E-state index in [0.717, 1.165) is 17.7 Å². The molecule has 2 rings (SSSR count). The molecule has 0 aromatic heterocycles. The first kappa shape index (κ1) is 11.4. The van der Waals surface area contributed by atoms with Gasteiger partial charge >= 0.3 is 6.18 Å². The third kappa shape index (κ3) is 2.20. The van der Waals surface area contributed by atoms with Crippen LogP contribution in [0.5, 0.6) is 0 Å². The van der Waals surface area contributed by atoms with E-state index in [2.05, 4.69) is 0 Å². The lowest BCUT2D eigenvalue weighted by molar-refractivity contribution is -0.137. The van der Waals surface area contributed by atoms with Crippen LogP contribution in [0.1, 0.15) is 29.2 Å². The van der Waals surface area contributed by atoms with Crippen LogP contribution in [0, 0.1) is 0 Å². The molecule has 2 N–H and O–H groups in total. The van der Waals surface area contributed by atoms with Gasteiger partial charge in [0.1, 0.15) is 0 Å². The highest BCUT2D eigenvalue weighted by molar-refractivity contribution is 5.35. The SMILES string of the molecule is NC1CCOCc2cc(C(F)(F)F)ccc21. The molecule has 2 nitrogen and oxygen atoms in total. The Bertz CT molecular complexity index is 389. The van der Waals surface area contributed by atoms with E-state index in [9.17, 15) is 13.2 Å². The molecule has 1 unspecified atom stereocenters. The molecule has 0 aliphatic carbocycles. The summed E-state index contributed by atoms with van der Waals surface area (Å²) in [5.41, 5.74) is 6.49. The van der Waals surface area contributed by atoms with Crippen LogP contribution in [-0.2, 0) is 17.5 Å². The number of hydrogen-bond acceptors (Lipinski definition) is 2. The standard InChI is InChI=1S/C11H12F3NO/c12-11(13,14)8-1-2-9-7(5-8)6-16-4-3-10(9)15/h1-2,5,10H,3-4,6,15H2. The number of halogens is 3. The van der Waals surface area contributed by atoms with E-state index in [0.29, 0.717) is 18.6 Å². The number of fused-ring (bicyclic) bond motifs is 1. The summed E-state index contributed by atoms with van der Waals surface area (Å²) in [6, 6.07) is 3.42. The summed E-state index contributed by atoms with van der Waals surface area (Å²) in [7, 11) is 0. The molecule has 0 spiro atoms.